The van der Waals surface area contributed by atoms with Gasteiger partial charge in [-0.2, -0.15) is 0 Å². The quantitative estimate of drug-likeness (QED) is 0.603. The summed E-state index contributed by atoms with van der Waals surface area (Å²) in [5.74, 6) is 0. The highest BCUT2D eigenvalue weighted by Crippen LogP contribution is 2.25. The monoisotopic (exact) mass is 292 g/mol. The van der Waals surface area contributed by atoms with Gasteiger partial charge in [-0.25, -0.2) is 4.98 Å². The molecule has 0 saturated heterocycles. The SMILES string of the molecule is CCCNc1cc(NCc2nccs2)cc([N+](=O)[O-])c1. The minimum atomic E-state index is -0.383. The molecule has 0 aliphatic carbocycles. The number of anilines is 2. The Labute approximate surface area is 121 Å². The second-order valence-corrected chi connectivity index (χ2v) is 5.21. The zero-order chi connectivity index (χ0) is 14.4. The average Bonchev–Trinajstić information content (AvgIpc) is 2.96. The Morgan fingerprint density at radius 1 is 1.30 bits per heavy atom. The third kappa shape index (κ3) is 3.92. The van der Waals surface area contributed by atoms with Crippen LogP contribution < -0.4 is 10.6 Å². The van der Waals surface area contributed by atoms with Gasteiger partial charge in [-0.15, -0.1) is 11.3 Å². The van der Waals surface area contributed by atoms with E-state index >= 15 is 0 Å². The molecule has 0 radical (unpaired) electrons. The van der Waals surface area contributed by atoms with Crippen LogP contribution in [0.1, 0.15) is 18.4 Å². The molecule has 2 rings (SSSR count). The first kappa shape index (κ1) is 14.3. The number of nitro benzene ring substituents is 1. The van der Waals surface area contributed by atoms with E-state index in [0.717, 1.165) is 23.7 Å². The fourth-order valence-electron chi connectivity index (χ4n) is 1.71. The topological polar surface area (TPSA) is 80.1 Å². The Hall–Kier alpha value is -2.15. The average molecular weight is 292 g/mol. The largest absolute Gasteiger partial charge is 0.385 e. The molecule has 0 saturated carbocycles. The Morgan fingerprint density at radius 3 is 2.65 bits per heavy atom. The molecule has 0 aliphatic heterocycles. The van der Waals surface area contributed by atoms with Gasteiger partial charge in [0.25, 0.3) is 5.69 Å². The van der Waals surface area contributed by atoms with E-state index in [2.05, 4.69) is 15.6 Å². The van der Waals surface area contributed by atoms with Crippen molar-refractivity contribution in [3.63, 3.8) is 0 Å². The molecule has 1 aromatic carbocycles. The standard InChI is InChI=1S/C13H16N4O2S/c1-2-3-14-10-6-11(8-12(7-10)17(18)19)16-9-13-15-4-5-20-13/h4-8,14,16H,2-3,9H2,1H3. The van der Waals surface area contributed by atoms with E-state index in [1.54, 1.807) is 23.6 Å². The van der Waals surface area contributed by atoms with Crippen molar-refractivity contribution in [3.8, 4) is 0 Å². The van der Waals surface area contributed by atoms with Crippen LogP contribution in [0.15, 0.2) is 29.8 Å². The number of non-ortho nitro benzene ring substituents is 1. The van der Waals surface area contributed by atoms with Gasteiger partial charge in [0, 0.05) is 41.6 Å². The number of nitrogens with zero attached hydrogens (tertiary/aromatic N) is 2. The number of nitro groups is 1. The molecule has 7 heteroatoms. The fourth-order valence-corrected chi connectivity index (χ4v) is 2.26. The van der Waals surface area contributed by atoms with Crippen LogP contribution in [0.4, 0.5) is 17.1 Å². The lowest BCUT2D eigenvalue weighted by atomic mass is 10.2. The van der Waals surface area contributed by atoms with Crippen molar-refractivity contribution in [2.24, 2.45) is 0 Å². The number of nitrogens with one attached hydrogen (secondary N) is 2. The molecule has 0 fully saturated rings. The van der Waals surface area contributed by atoms with Gasteiger partial charge >= 0.3 is 0 Å². The Kier molecular flexibility index (Phi) is 4.89. The van der Waals surface area contributed by atoms with Crippen LogP contribution in [-0.2, 0) is 6.54 Å². The molecule has 106 valence electrons. The van der Waals surface area contributed by atoms with Gasteiger partial charge in [-0.05, 0) is 12.5 Å². The summed E-state index contributed by atoms with van der Waals surface area (Å²) in [5.41, 5.74) is 1.54. The third-order valence-electron chi connectivity index (χ3n) is 2.63. The molecule has 0 bridgehead atoms. The summed E-state index contributed by atoms with van der Waals surface area (Å²) < 4.78 is 0. The lowest BCUT2D eigenvalue weighted by Gasteiger charge is -2.09. The van der Waals surface area contributed by atoms with Crippen LogP contribution in [0.5, 0.6) is 0 Å². The predicted octanol–water partition coefficient (Wildman–Crippen LogP) is 3.49. The molecule has 1 heterocycles. The van der Waals surface area contributed by atoms with Gasteiger partial charge in [0.2, 0.25) is 0 Å². The summed E-state index contributed by atoms with van der Waals surface area (Å²) in [4.78, 5) is 14.7. The minimum Gasteiger partial charge on any atom is -0.385 e. The summed E-state index contributed by atoms with van der Waals surface area (Å²) in [6, 6.07) is 4.95. The predicted molar refractivity (Wildman–Crippen MR) is 81.3 cm³/mol. The first-order valence-corrected chi connectivity index (χ1v) is 7.22. The van der Waals surface area contributed by atoms with Crippen LogP contribution >= 0.6 is 11.3 Å². The van der Waals surface area contributed by atoms with Crippen LogP contribution in [0, 0.1) is 10.1 Å². The van der Waals surface area contributed by atoms with E-state index in [9.17, 15) is 10.1 Å². The molecule has 2 aromatic rings. The molecular weight excluding hydrogens is 276 g/mol. The highest BCUT2D eigenvalue weighted by molar-refractivity contribution is 7.09. The maximum atomic E-state index is 11.0. The van der Waals surface area contributed by atoms with E-state index in [1.165, 1.54) is 6.07 Å². The van der Waals surface area contributed by atoms with E-state index in [1.807, 2.05) is 18.4 Å². The van der Waals surface area contributed by atoms with Crippen molar-refractivity contribution in [1.82, 2.24) is 4.98 Å². The van der Waals surface area contributed by atoms with Gasteiger partial charge in [0.05, 0.1) is 11.5 Å². The third-order valence-corrected chi connectivity index (χ3v) is 3.41. The summed E-state index contributed by atoms with van der Waals surface area (Å²) in [7, 11) is 0. The molecule has 0 unspecified atom stereocenters. The van der Waals surface area contributed by atoms with Crippen molar-refractivity contribution >= 4 is 28.4 Å². The number of thiazole rings is 1. The second kappa shape index (κ2) is 6.85. The normalized spacial score (nSPS) is 10.2. The van der Waals surface area contributed by atoms with E-state index in [0.29, 0.717) is 12.2 Å². The van der Waals surface area contributed by atoms with Gasteiger partial charge in [0.15, 0.2) is 0 Å². The van der Waals surface area contributed by atoms with E-state index in [4.69, 9.17) is 0 Å². The smallest absolute Gasteiger partial charge is 0.273 e. The van der Waals surface area contributed by atoms with Crippen LogP contribution in [0.25, 0.3) is 0 Å². The van der Waals surface area contributed by atoms with E-state index in [-0.39, 0.29) is 10.6 Å². The number of hydrogen-bond donors (Lipinski definition) is 2. The van der Waals surface area contributed by atoms with Crippen molar-refractivity contribution < 1.29 is 4.92 Å². The summed E-state index contributed by atoms with van der Waals surface area (Å²) in [6.45, 7) is 3.39. The van der Waals surface area contributed by atoms with Crippen molar-refractivity contribution in [2.75, 3.05) is 17.2 Å². The first-order chi connectivity index (χ1) is 9.69. The molecule has 0 atom stereocenters. The highest BCUT2D eigenvalue weighted by Gasteiger charge is 2.09. The van der Waals surface area contributed by atoms with Crippen LogP contribution in [-0.4, -0.2) is 16.5 Å². The maximum Gasteiger partial charge on any atom is 0.273 e. The van der Waals surface area contributed by atoms with E-state index < -0.39 is 0 Å². The summed E-state index contributed by atoms with van der Waals surface area (Å²) in [6.07, 6.45) is 2.70. The zero-order valence-electron chi connectivity index (χ0n) is 11.1. The lowest BCUT2D eigenvalue weighted by molar-refractivity contribution is -0.384. The second-order valence-electron chi connectivity index (χ2n) is 4.23. The lowest BCUT2D eigenvalue weighted by Crippen LogP contribution is -2.03. The molecule has 1 aromatic heterocycles. The molecule has 0 amide bonds. The summed E-state index contributed by atoms with van der Waals surface area (Å²) in [5, 5.41) is 20.1. The molecule has 20 heavy (non-hydrogen) atoms. The Balaban J connectivity index is 2.13. The Bertz CT molecular complexity index is 572. The zero-order valence-corrected chi connectivity index (χ0v) is 11.9. The van der Waals surface area contributed by atoms with Crippen molar-refractivity contribution in [2.45, 2.75) is 19.9 Å². The number of benzene rings is 1. The molecular formula is C13H16N4O2S. The van der Waals surface area contributed by atoms with Crippen molar-refractivity contribution in [1.29, 1.82) is 0 Å². The summed E-state index contributed by atoms with van der Waals surface area (Å²) >= 11 is 1.55. The van der Waals surface area contributed by atoms with Gasteiger partial charge in [-0.3, -0.25) is 10.1 Å². The minimum absolute atomic E-state index is 0.0766. The van der Waals surface area contributed by atoms with Crippen LogP contribution in [0.3, 0.4) is 0 Å². The number of hydrogen-bond acceptors (Lipinski definition) is 6. The fraction of sp³-hybridized carbons (Fsp3) is 0.308. The molecule has 0 aliphatic rings. The van der Waals surface area contributed by atoms with Gasteiger partial charge in [-0.1, -0.05) is 6.92 Å². The van der Waals surface area contributed by atoms with Crippen molar-refractivity contribution in [3.05, 3.63) is 44.9 Å². The highest BCUT2D eigenvalue weighted by atomic mass is 32.1. The number of aromatic nitrogens is 1. The first-order valence-electron chi connectivity index (χ1n) is 6.34. The van der Waals surface area contributed by atoms with Crippen LogP contribution in [0.2, 0.25) is 0 Å². The van der Waals surface area contributed by atoms with Gasteiger partial charge in [0.1, 0.15) is 5.01 Å². The molecule has 0 spiro atoms. The maximum absolute atomic E-state index is 11.0. The molecule has 2 N–H and O–H groups in total. The Morgan fingerprint density at radius 2 is 2.05 bits per heavy atom. The number of rotatable bonds is 7. The molecule has 6 nitrogen and oxygen atoms in total. The van der Waals surface area contributed by atoms with Gasteiger partial charge < -0.3 is 10.6 Å².